The van der Waals surface area contributed by atoms with Gasteiger partial charge in [-0.3, -0.25) is 4.79 Å². The van der Waals surface area contributed by atoms with Crippen LogP contribution in [-0.2, 0) is 14.3 Å². The Morgan fingerprint density at radius 2 is 2.21 bits per heavy atom. The largest absolute Gasteiger partial charge is 0.359 e. The van der Waals surface area contributed by atoms with Gasteiger partial charge in [0.25, 0.3) is 0 Å². The molecule has 0 aromatic carbocycles. The molecule has 1 atom stereocenters. The van der Waals surface area contributed by atoms with Crippen LogP contribution in [0, 0.1) is 5.92 Å². The minimum absolute atomic E-state index is 0.244. The van der Waals surface area contributed by atoms with Gasteiger partial charge in [-0.2, -0.15) is 0 Å². The fraction of sp³-hybridized carbons (Fsp3) is 0.909. The first-order chi connectivity index (χ1) is 6.56. The van der Waals surface area contributed by atoms with Crippen LogP contribution in [0.2, 0.25) is 0 Å². The number of methoxy groups -OCH3 is 1. The van der Waals surface area contributed by atoms with Crippen LogP contribution in [0.4, 0.5) is 0 Å². The quantitative estimate of drug-likeness (QED) is 0.652. The van der Waals surface area contributed by atoms with Crippen LogP contribution < -0.4 is 0 Å². The number of ketones is 1. The van der Waals surface area contributed by atoms with Gasteiger partial charge < -0.3 is 9.47 Å². The van der Waals surface area contributed by atoms with Crippen molar-refractivity contribution in [3.63, 3.8) is 0 Å². The molecule has 3 heteroatoms. The van der Waals surface area contributed by atoms with Crippen molar-refractivity contribution in [1.82, 2.24) is 0 Å². The molecular weight excluding hydrogens is 180 g/mol. The minimum atomic E-state index is -0.244. The van der Waals surface area contributed by atoms with Gasteiger partial charge in [-0.05, 0) is 32.6 Å². The van der Waals surface area contributed by atoms with Crippen LogP contribution in [-0.4, -0.2) is 25.3 Å². The summed E-state index contributed by atoms with van der Waals surface area (Å²) in [5.74, 6) is 0.717. The highest BCUT2D eigenvalue weighted by molar-refractivity contribution is 5.79. The van der Waals surface area contributed by atoms with Gasteiger partial charge in [-0.15, -0.1) is 0 Å². The summed E-state index contributed by atoms with van der Waals surface area (Å²) in [5.41, 5.74) is -0.244. The molecule has 0 aromatic rings. The Balaban J connectivity index is 2.47. The Kier molecular flexibility index (Phi) is 4.08. The minimum Gasteiger partial charge on any atom is -0.359 e. The van der Waals surface area contributed by atoms with Crippen LogP contribution >= 0.6 is 0 Å². The number of ether oxygens (including phenoxy) is 2. The smallest absolute Gasteiger partial charge is 0.147 e. The lowest BCUT2D eigenvalue weighted by Gasteiger charge is -2.36. The van der Waals surface area contributed by atoms with E-state index in [0.29, 0.717) is 24.9 Å². The standard InChI is InChI=1S/C11H20O3/c1-11(2,14-8-13-3)9-5-4-6-10(12)7-9/h9H,4-8H2,1-3H3. The Labute approximate surface area is 85.8 Å². The van der Waals surface area contributed by atoms with E-state index in [1.807, 2.05) is 13.8 Å². The predicted octanol–water partition coefficient (Wildman–Crippen LogP) is 2.14. The summed E-state index contributed by atoms with van der Waals surface area (Å²) in [5, 5.41) is 0. The van der Waals surface area contributed by atoms with Crippen molar-refractivity contribution in [3.8, 4) is 0 Å². The van der Waals surface area contributed by atoms with E-state index in [9.17, 15) is 4.79 Å². The van der Waals surface area contributed by atoms with E-state index in [4.69, 9.17) is 9.47 Å². The van der Waals surface area contributed by atoms with Crippen molar-refractivity contribution >= 4 is 5.78 Å². The van der Waals surface area contributed by atoms with Gasteiger partial charge in [0.05, 0.1) is 5.60 Å². The highest BCUT2D eigenvalue weighted by Crippen LogP contribution is 2.33. The molecule has 0 heterocycles. The van der Waals surface area contributed by atoms with E-state index in [2.05, 4.69) is 0 Å². The number of hydrogen-bond donors (Lipinski definition) is 0. The molecule has 0 radical (unpaired) electrons. The Morgan fingerprint density at radius 3 is 2.79 bits per heavy atom. The van der Waals surface area contributed by atoms with Crippen molar-refractivity contribution in [3.05, 3.63) is 0 Å². The van der Waals surface area contributed by atoms with Crippen LogP contribution in [0.5, 0.6) is 0 Å². The molecule has 1 fully saturated rings. The van der Waals surface area contributed by atoms with Crippen LogP contribution in [0.3, 0.4) is 0 Å². The third-order valence-corrected chi connectivity index (χ3v) is 3.01. The van der Waals surface area contributed by atoms with Crippen LogP contribution in [0.25, 0.3) is 0 Å². The molecule has 82 valence electrons. The van der Waals surface area contributed by atoms with Crippen molar-refractivity contribution in [1.29, 1.82) is 0 Å². The summed E-state index contributed by atoms with van der Waals surface area (Å²) >= 11 is 0. The molecule has 1 rings (SSSR count). The van der Waals surface area contributed by atoms with Crippen molar-refractivity contribution in [2.75, 3.05) is 13.9 Å². The van der Waals surface area contributed by atoms with Gasteiger partial charge in [-0.25, -0.2) is 0 Å². The second-order valence-corrected chi connectivity index (χ2v) is 4.49. The number of Topliss-reactive ketones (excluding diaryl/α,β-unsaturated/α-hetero) is 1. The van der Waals surface area contributed by atoms with Gasteiger partial charge in [0.15, 0.2) is 0 Å². The van der Waals surface area contributed by atoms with E-state index in [1.54, 1.807) is 7.11 Å². The first-order valence-corrected chi connectivity index (χ1v) is 5.21. The Morgan fingerprint density at radius 1 is 1.50 bits per heavy atom. The summed E-state index contributed by atoms with van der Waals surface area (Å²) in [6, 6.07) is 0. The number of carbonyl (C=O) groups is 1. The third kappa shape index (κ3) is 3.07. The lowest BCUT2D eigenvalue weighted by atomic mass is 9.78. The average Bonchev–Trinajstić information content (AvgIpc) is 2.15. The highest BCUT2D eigenvalue weighted by atomic mass is 16.7. The molecule has 0 amide bonds. The molecule has 14 heavy (non-hydrogen) atoms. The van der Waals surface area contributed by atoms with E-state index >= 15 is 0 Å². The van der Waals surface area contributed by atoms with Crippen molar-refractivity contribution < 1.29 is 14.3 Å². The molecule has 0 spiro atoms. The predicted molar refractivity (Wildman–Crippen MR) is 54.0 cm³/mol. The fourth-order valence-corrected chi connectivity index (χ4v) is 1.95. The molecule has 0 bridgehead atoms. The second kappa shape index (κ2) is 4.89. The molecule has 1 aliphatic rings. The molecule has 1 unspecified atom stereocenters. The summed E-state index contributed by atoms with van der Waals surface area (Å²) in [4.78, 5) is 11.3. The first-order valence-electron chi connectivity index (χ1n) is 5.21. The number of carbonyl (C=O) groups excluding carboxylic acids is 1. The first kappa shape index (κ1) is 11.7. The van der Waals surface area contributed by atoms with Gasteiger partial charge in [0.1, 0.15) is 12.6 Å². The van der Waals surface area contributed by atoms with E-state index in [-0.39, 0.29) is 5.60 Å². The monoisotopic (exact) mass is 200 g/mol. The zero-order valence-electron chi connectivity index (χ0n) is 9.34. The van der Waals surface area contributed by atoms with Crippen LogP contribution in [0.15, 0.2) is 0 Å². The second-order valence-electron chi connectivity index (χ2n) is 4.49. The van der Waals surface area contributed by atoms with Crippen molar-refractivity contribution in [2.45, 2.75) is 45.1 Å². The zero-order chi connectivity index (χ0) is 10.6. The maximum atomic E-state index is 11.3. The SMILES string of the molecule is COCOC(C)(C)C1CCCC(=O)C1. The Hall–Kier alpha value is -0.410. The molecule has 0 N–H and O–H groups in total. The summed E-state index contributed by atoms with van der Waals surface area (Å²) in [6.45, 7) is 4.38. The molecule has 0 aromatic heterocycles. The van der Waals surface area contributed by atoms with E-state index in [1.165, 1.54) is 0 Å². The zero-order valence-corrected chi connectivity index (χ0v) is 9.34. The lowest BCUT2D eigenvalue weighted by Crippen LogP contribution is -2.38. The highest BCUT2D eigenvalue weighted by Gasteiger charge is 2.34. The van der Waals surface area contributed by atoms with Gasteiger partial charge in [0.2, 0.25) is 0 Å². The molecule has 1 saturated carbocycles. The maximum Gasteiger partial charge on any atom is 0.147 e. The summed E-state index contributed by atoms with van der Waals surface area (Å²) in [7, 11) is 1.61. The summed E-state index contributed by atoms with van der Waals surface area (Å²) in [6.07, 6.45) is 3.50. The Bertz CT molecular complexity index is 199. The number of hydrogen-bond acceptors (Lipinski definition) is 3. The van der Waals surface area contributed by atoms with Gasteiger partial charge in [-0.1, -0.05) is 0 Å². The molecule has 3 nitrogen and oxygen atoms in total. The van der Waals surface area contributed by atoms with Gasteiger partial charge in [0, 0.05) is 20.0 Å². The fourth-order valence-electron chi connectivity index (χ4n) is 1.95. The average molecular weight is 200 g/mol. The lowest BCUT2D eigenvalue weighted by molar-refractivity contribution is -0.150. The van der Waals surface area contributed by atoms with Crippen molar-refractivity contribution in [2.24, 2.45) is 5.92 Å². The van der Waals surface area contributed by atoms with Crippen LogP contribution in [0.1, 0.15) is 39.5 Å². The topological polar surface area (TPSA) is 35.5 Å². The molecule has 0 aliphatic heterocycles. The third-order valence-electron chi connectivity index (χ3n) is 3.01. The van der Waals surface area contributed by atoms with E-state index in [0.717, 1.165) is 19.3 Å². The molecule has 1 aliphatic carbocycles. The number of rotatable bonds is 4. The maximum absolute atomic E-state index is 11.3. The molecular formula is C11H20O3. The summed E-state index contributed by atoms with van der Waals surface area (Å²) < 4.78 is 10.5. The van der Waals surface area contributed by atoms with E-state index < -0.39 is 0 Å². The van der Waals surface area contributed by atoms with Gasteiger partial charge >= 0.3 is 0 Å². The normalized spacial score (nSPS) is 23.9. The molecule has 0 saturated heterocycles.